The van der Waals surface area contributed by atoms with E-state index in [2.05, 4.69) is 26.6 Å². The van der Waals surface area contributed by atoms with Crippen molar-refractivity contribution in [3.63, 3.8) is 0 Å². The normalized spacial score (nSPS) is 11.7. The molecule has 0 aliphatic heterocycles. The van der Waals surface area contributed by atoms with Gasteiger partial charge in [-0.2, -0.15) is 0 Å². The second-order valence-corrected chi connectivity index (χ2v) is 4.67. The van der Waals surface area contributed by atoms with Gasteiger partial charge in [-0.3, -0.25) is 0 Å². The number of rotatable bonds is 5. The van der Waals surface area contributed by atoms with Gasteiger partial charge in [0.1, 0.15) is 6.04 Å². The van der Waals surface area contributed by atoms with E-state index in [0.717, 1.165) is 10.0 Å². The summed E-state index contributed by atoms with van der Waals surface area (Å²) in [7, 11) is 0. The molecule has 1 aromatic carbocycles. The quantitative estimate of drug-likeness (QED) is 0.779. The lowest BCUT2D eigenvalue weighted by Crippen LogP contribution is -2.45. The highest BCUT2D eigenvalue weighted by Gasteiger charge is 2.16. The van der Waals surface area contributed by atoms with Crippen LogP contribution in [0.25, 0.3) is 0 Å². The topological polar surface area (TPSA) is 78.4 Å². The van der Waals surface area contributed by atoms with E-state index >= 15 is 0 Å². The van der Waals surface area contributed by atoms with Crippen LogP contribution < -0.4 is 10.6 Å². The molecule has 1 aromatic rings. The van der Waals surface area contributed by atoms with Crippen molar-refractivity contribution in [3.05, 3.63) is 34.3 Å². The smallest absolute Gasteiger partial charge is 0.326 e. The molecule has 0 saturated carbocycles. The molecule has 0 spiro atoms. The predicted octanol–water partition coefficient (Wildman–Crippen LogP) is 2.11. The summed E-state index contributed by atoms with van der Waals surface area (Å²) >= 11 is 3.32. The number of benzene rings is 1. The van der Waals surface area contributed by atoms with E-state index in [9.17, 15) is 9.59 Å². The molecule has 5 nitrogen and oxygen atoms in total. The Bertz CT molecular complexity index is 420. The lowest BCUT2D eigenvalue weighted by Gasteiger charge is -2.13. The van der Waals surface area contributed by atoms with Gasteiger partial charge in [0.15, 0.2) is 0 Å². The minimum absolute atomic E-state index is 0.348. The Morgan fingerprint density at radius 2 is 1.94 bits per heavy atom. The molecule has 0 bridgehead atoms. The number of hydrogen-bond acceptors (Lipinski definition) is 2. The Kier molecular flexibility index (Phi) is 5.64. The van der Waals surface area contributed by atoms with Crippen molar-refractivity contribution in [1.82, 2.24) is 10.6 Å². The zero-order valence-corrected chi connectivity index (χ0v) is 11.5. The van der Waals surface area contributed by atoms with Gasteiger partial charge in [-0.15, -0.1) is 0 Å². The van der Waals surface area contributed by atoms with Crippen LogP contribution in [-0.4, -0.2) is 23.1 Å². The monoisotopic (exact) mass is 314 g/mol. The zero-order valence-electron chi connectivity index (χ0n) is 9.94. The standard InChI is InChI=1S/C12H15BrN2O3/c1-2-10(11(16)17)15-12(18)14-7-8-3-5-9(13)6-4-8/h3-6,10H,2,7H2,1H3,(H,16,17)(H2,14,15,18). The van der Waals surface area contributed by atoms with Gasteiger partial charge in [-0.25, -0.2) is 9.59 Å². The summed E-state index contributed by atoms with van der Waals surface area (Å²) in [6.07, 6.45) is 0.348. The van der Waals surface area contributed by atoms with Crippen molar-refractivity contribution in [2.75, 3.05) is 0 Å². The minimum Gasteiger partial charge on any atom is -0.480 e. The summed E-state index contributed by atoms with van der Waals surface area (Å²) in [5.74, 6) is -1.03. The predicted molar refractivity (Wildman–Crippen MR) is 71.2 cm³/mol. The second-order valence-electron chi connectivity index (χ2n) is 3.75. The summed E-state index contributed by atoms with van der Waals surface area (Å²) in [5, 5.41) is 13.8. The van der Waals surface area contributed by atoms with E-state index < -0.39 is 18.0 Å². The van der Waals surface area contributed by atoms with E-state index in [1.807, 2.05) is 24.3 Å². The van der Waals surface area contributed by atoms with Crippen LogP contribution in [0.4, 0.5) is 4.79 Å². The molecule has 0 radical (unpaired) electrons. The first kappa shape index (κ1) is 14.5. The average Bonchev–Trinajstić information content (AvgIpc) is 2.35. The lowest BCUT2D eigenvalue weighted by molar-refractivity contribution is -0.139. The summed E-state index contributed by atoms with van der Waals surface area (Å²) in [6.45, 7) is 2.06. The van der Waals surface area contributed by atoms with Crippen LogP contribution in [0, 0.1) is 0 Å². The third-order valence-electron chi connectivity index (χ3n) is 2.38. The van der Waals surface area contributed by atoms with Gasteiger partial charge >= 0.3 is 12.0 Å². The van der Waals surface area contributed by atoms with Crippen LogP contribution in [0.15, 0.2) is 28.7 Å². The maximum absolute atomic E-state index is 11.5. The first-order valence-corrected chi connectivity index (χ1v) is 6.34. The summed E-state index contributed by atoms with van der Waals surface area (Å²) in [4.78, 5) is 22.2. The average molecular weight is 315 g/mol. The zero-order chi connectivity index (χ0) is 13.5. The highest BCUT2D eigenvalue weighted by atomic mass is 79.9. The van der Waals surface area contributed by atoms with E-state index in [-0.39, 0.29) is 0 Å². The van der Waals surface area contributed by atoms with E-state index in [1.54, 1.807) is 6.92 Å². The highest BCUT2D eigenvalue weighted by molar-refractivity contribution is 9.10. The summed E-state index contributed by atoms with van der Waals surface area (Å²) in [5.41, 5.74) is 0.941. The Labute approximate surface area is 114 Å². The third-order valence-corrected chi connectivity index (χ3v) is 2.91. The highest BCUT2D eigenvalue weighted by Crippen LogP contribution is 2.10. The van der Waals surface area contributed by atoms with Gasteiger partial charge in [-0.1, -0.05) is 35.0 Å². The largest absolute Gasteiger partial charge is 0.480 e. The van der Waals surface area contributed by atoms with Gasteiger partial charge in [0, 0.05) is 11.0 Å². The Balaban J connectivity index is 2.41. The molecule has 0 aromatic heterocycles. The number of urea groups is 1. The van der Waals surface area contributed by atoms with Gasteiger partial charge in [0.2, 0.25) is 0 Å². The van der Waals surface area contributed by atoms with Crippen LogP contribution in [0.5, 0.6) is 0 Å². The maximum atomic E-state index is 11.5. The Hall–Kier alpha value is -1.56. The number of carboxylic acids is 1. The van der Waals surface area contributed by atoms with Gasteiger partial charge in [0.05, 0.1) is 0 Å². The molecular weight excluding hydrogens is 300 g/mol. The number of carbonyl (C=O) groups excluding carboxylic acids is 1. The molecule has 98 valence electrons. The van der Waals surface area contributed by atoms with Gasteiger partial charge in [0.25, 0.3) is 0 Å². The fraction of sp³-hybridized carbons (Fsp3) is 0.333. The fourth-order valence-corrected chi connectivity index (χ4v) is 1.60. The number of aliphatic carboxylic acids is 1. The molecule has 2 amide bonds. The first-order valence-electron chi connectivity index (χ1n) is 5.54. The molecule has 1 unspecified atom stereocenters. The summed E-state index contributed by atoms with van der Waals surface area (Å²) < 4.78 is 0.965. The van der Waals surface area contributed by atoms with Crippen molar-refractivity contribution in [2.24, 2.45) is 0 Å². The van der Waals surface area contributed by atoms with E-state index in [1.165, 1.54) is 0 Å². The number of hydrogen-bond donors (Lipinski definition) is 3. The molecule has 0 aliphatic carbocycles. The molecule has 1 rings (SSSR count). The van der Waals surface area contributed by atoms with Crippen LogP contribution >= 0.6 is 15.9 Å². The van der Waals surface area contributed by atoms with Crippen LogP contribution in [0.1, 0.15) is 18.9 Å². The van der Waals surface area contributed by atoms with E-state index in [4.69, 9.17) is 5.11 Å². The number of nitrogens with one attached hydrogen (secondary N) is 2. The van der Waals surface area contributed by atoms with Crippen molar-refractivity contribution < 1.29 is 14.7 Å². The molecule has 0 heterocycles. The van der Waals surface area contributed by atoms with Gasteiger partial charge in [-0.05, 0) is 24.1 Å². The Morgan fingerprint density at radius 1 is 1.33 bits per heavy atom. The molecule has 0 fully saturated rings. The minimum atomic E-state index is -1.03. The van der Waals surface area contributed by atoms with Crippen LogP contribution in [0.2, 0.25) is 0 Å². The Morgan fingerprint density at radius 3 is 2.44 bits per heavy atom. The molecule has 3 N–H and O–H groups in total. The fourth-order valence-electron chi connectivity index (χ4n) is 1.33. The second kappa shape index (κ2) is 7.00. The maximum Gasteiger partial charge on any atom is 0.326 e. The molecule has 1 atom stereocenters. The molecule has 6 heteroatoms. The first-order chi connectivity index (χ1) is 8.52. The van der Waals surface area contributed by atoms with Crippen LogP contribution in [-0.2, 0) is 11.3 Å². The number of carbonyl (C=O) groups is 2. The number of amides is 2. The number of carboxylic acid groups (broad SMARTS) is 1. The van der Waals surface area contributed by atoms with Crippen LogP contribution in [0.3, 0.4) is 0 Å². The van der Waals surface area contributed by atoms with Crippen molar-refractivity contribution >= 4 is 27.9 Å². The van der Waals surface area contributed by atoms with E-state index in [0.29, 0.717) is 13.0 Å². The third kappa shape index (κ3) is 4.75. The van der Waals surface area contributed by atoms with Crippen molar-refractivity contribution in [1.29, 1.82) is 0 Å². The SMILES string of the molecule is CCC(NC(=O)NCc1ccc(Br)cc1)C(=O)O. The summed E-state index contributed by atoms with van der Waals surface area (Å²) in [6, 6.07) is 6.17. The molecule has 0 aliphatic rings. The molecule has 18 heavy (non-hydrogen) atoms. The lowest BCUT2D eigenvalue weighted by atomic mass is 10.2. The molecular formula is C12H15BrN2O3. The molecule has 0 saturated heterocycles. The van der Waals surface area contributed by atoms with Crippen molar-refractivity contribution in [3.8, 4) is 0 Å². The van der Waals surface area contributed by atoms with Gasteiger partial charge < -0.3 is 15.7 Å². The number of halogens is 1. The van der Waals surface area contributed by atoms with Crippen molar-refractivity contribution in [2.45, 2.75) is 25.9 Å².